The second-order valence-corrected chi connectivity index (χ2v) is 4.99. The van der Waals surface area contributed by atoms with Gasteiger partial charge in [-0.15, -0.1) is 0 Å². The number of amides is 1. The van der Waals surface area contributed by atoms with Gasteiger partial charge >= 0.3 is 0 Å². The Morgan fingerprint density at radius 3 is 2.63 bits per heavy atom. The summed E-state index contributed by atoms with van der Waals surface area (Å²) in [5.74, 6) is 0.397. The lowest BCUT2D eigenvalue weighted by atomic mass is 9.82. The summed E-state index contributed by atoms with van der Waals surface area (Å²) in [7, 11) is 1.61. The zero-order chi connectivity index (χ0) is 14.0. The predicted octanol–water partition coefficient (Wildman–Crippen LogP) is 2.16. The molecule has 0 atom stereocenters. The molecule has 6 nitrogen and oxygen atoms in total. The zero-order valence-electron chi connectivity index (χ0n) is 11.0. The molecule has 1 aliphatic carbocycles. The minimum absolute atomic E-state index is 0.0860. The van der Waals surface area contributed by atoms with E-state index in [-0.39, 0.29) is 17.6 Å². The first-order chi connectivity index (χ1) is 9.01. The van der Waals surface area contributed by atoms with Gasteiger partial charge in [0.15, 0.2) is 0 Å². The fraction of sp³-hybridized carbons (Fsp3) is 0.462. The highest BCUT2D eigenvalue weighted by Crippen LogP contribution is 2.28. The van der Waals surface area contributed by atoms with E-state index < -0.39 is 4.92 Å². The molecule has 1 aromatic carbocycles. The Bertz CT molecular complexity index is 510. The molecule has 1 fully saturated rings. The molecule has 1 saturated carbocycles. The van der Waals surface area contributed by atoms with Crippen molar-refractivity contribution >= 4 is 17.3 Å². The molecule has 19 heavy (non-hydrogen) atoms. The van der Waals surface area contributed by atoms with Crippen LogP contribution in [0, 0.1) is 16.0 Å². The number of nitrogens with one attached hydrogen (secondary N) is 2. The Balaban J connectivity index is 2.13. The molecule has 0 heterocycles. The van der Waals surface area contributed by atoms with Crippen LogP contribution in [0.5, 0.6) is 0 Å². The maximum Gasteiger partial charge on any atom is 0.293 e. The second-order valence-electron chi connectivity index (χ2n) is 4.99. The van der Waals surface area contributed by atoms with Crippen LogP contribution < -0.4 is 10.6 Å². The van der Waals surface area contributed by atoms with Crippen LogP contribution in [-0.4, -0.2) is 23.9 Å². The van der Waals surface area contributed by atoms with Crippen molar-refractivity contribution in [2.45, 2.75) is 25.8 Å². The standard InChI is InChI=1S/C13H17N3O3/c1-8-5-10(6-8)15-13(17)9-3-4-11(14-2)12(7-9)16(18)19/h3-4,7-8,10,14H,5-6H2,1-2H3,(H,15,17). The molecular formula is C13H17N3O3. The first-order valence-corrected chi connectivity index (χ1v) is 6.28. The molecule has 0 unspecified atom stereocenters. The molecule has 1 amide bonds. The van der Waals surface area contributed by atoms with Gasteiger partial charge in [-0.2, -0.15) is 0 Å². The van der Waals surface area contributed by atoms with Gasteiger partial charge in [0.1, 0.15) is 5.69 Å². The molecule has 0 spiro atoms. The number of nitro groups is 1. The minimum Gasteiger partial charge on any atom is -0.383 e. The molecule has 102 valence electrons. The van der Waals surface area contributed by atoms with Crippen molar-refractivity contribution in [3.05, 3.63) is 33.9 Å². The van der Waals surface area contributed by atoms with Crippen LogP contribution in [0.2, 0.25) is 0 Å². The number of hydrogen-bond donors (Lipinski definition) is 2. The van der Waals surface area contributed by atoms with E-state index in [1.807, 2.05) is 0 Å². The molecule has 1 aromatic rings. The van der Waals surface area contributed by atoms with Gasteiger partial charge in [0.05, 0.1) is 4.92 Å². The summed E-state index contributed by atoms with van der Waals surface area (Å²) in [5.41, 5.74) is 0.640. The van der Waals surface area contributed by atoms with Crippen LogP contribution in [0.4, 0.5) is 11.4 Å². The largest absolute Gasteiger partial charge is 0.383 e. The summed E-state index contributed by atoms with van der Waals surface area (Å²) in [4.78, 5) is 22.4. The lowest BCUT2D eigenvalue weighted by molar-refractivity contribution is -0.384. The van der Waals surface area contributed by atoms with Gasteiger partial charge in [-0.25, -0.2) is 0 Å². The smallest absolute Gasteiger partial charge is 0.293 e. The van der Waals surface area contributed by atoms with Crippen LogP contribution in [0.15, 0.2) is 18.2 Å². The van der Waals surface area contributed by atoms with E-state index in [1.54, 1.807) is 19.2 Å². The van der Waals surface area contributed by atoms with E-state index >= 15 is 0 Å². The highest BCUT2D eigenvalue weighted by atomic mass is 16.6. The number of nitrogens with zero attached hydrogens (tertiary/aromatic N) is 1. The average Bonchev–Trinajstić information content (AvgIpc) is 2.35. The number of hydrogen-bond acceptors (Lipinski definition) is 4. The van der Waals surface area contributed by atoms with Gasteiger partial charge in [-0.05, 0) is 30.9 Å². The topological polar surface area (TPSA) is 84.3 Å². The molecule has 0 aromatic heterocycles. The molecule has 0 aliphatic heterocycles. The van der Waals surface area contributed by atoms with Crippen molar-refractivity contribution in [3.63, 3.8) is 0 Å². The highest BCUT2D eigenvalue weighted by Gasteiger charge is 2.27. The van der Waals surface area contributed by atoms with Crippen molar-refractivity contribution in [1.82, 2.24) is 5.32 Å². The third kappa shape index (κ3) is 2.83. The molecule has 1 aliphatic rings. The van der Waals surface area contributed by atoms with Crippen LogP contribution in [0.25, 0.3) is 0 Å². The van der Waals surface area contributed by atoms with E-state index in [2.05, 4.69) is 17.6 Å². The summed E-state index contributed by atoms with van der Waals surface area (Å²) in [6.07, 6.45) is 1.95. The Hall–Kier alpha value is -2.11. The van der Waals surface area contributed by atoms with Crippen molar-refractivity contribution in [2.24, 2.45) is 5.92 Å². The van der Waals surface area contributed by atoms with Gasteiger partial charge in [0.25, 0.3) is 11.6 Å². The maximum atomic E-state index is 12.0. The number of benzene rings is 1. The van der Waals surface area contributed by atoms with Gasteiger partial charge in [0, 0.05) is 24.7 Å². The number of nitro benzene ring substituents is 1. The first-order valence-electron chi connectivity index (χ1n) is 6.28. The van der Waals surface area contributed by atoms with E-state index in [9.17, 15) is 14.9 Å². The van der Waals surface area contributed by atoms with Crippen LogP contribution in [0.3, 0.4) is 0 Å². The Morgan fingerprint density at radius 1 is 1.42 bits per heavy atom. The normalized spacial score (nSPS) is 21.4. The molecule has 2 N–H and O–H groups in total. The summed E-state index contributed by atoms with van der Waals surface area (Å²) >= 11 is 0. The van der Waals surface area contributed by atoms with Gasteiger partial charge in [-0.3, -0.25) is 14.9 Å². The molecule has 0 radical (unpaired) electrons. The monoisotopic (exact) mass is 263 g/mol. The van der Waals surface area contributed by atoms with E-state index in [1.165, 1.54) is 6.07 Å². The predicted molar refractivity (Wildman–Crippen MR) is 72.3 cm³/mol. The first kappa shape index (κ1) is 13.3. The second kappa shape index (κ2) is 5.26. The number of carbonyl (C=O) groups is 1. The summed E-state index contributed by atoms with van der Waals surface area (Å²) in [5, 5.41) is 16.5. The van der Waals surface area contributed by atoms with Crippen LogP contribution in [0.1, 0.15) is 30.1 Å². The number of carbonyl (C=O) groups excluding carboxylic acids is 1. The van der Waals surface area contributed by atoms with Crippen molar-refractivity contribution < 1.29 is 9.72 Å². The fourth-order valence-corrected chi connectivity index (χ4v) is 2.32. The molecule has 6 heteroatoms. The average molecular weight is 263 g/mol. The number of anilines is 1. The van der Waals surface area contributed by atoms with Gasteiger partial charge < -0.3 is 10.6 Å². The molecule has 2 rings (SSSR count). The SMILES string of the molecule is CNc1ccc(C(=O)NC2CC(C)C2)cc1[N+](=O)[O-]. The molecule has 0 bridgehead atoms. The summed E-state index contributed by atoms with van der Waals surface area (Å²) in [6, 6.07) is 4.65. The van der Waals surface area contributed by atoms with Gasteiger partial charge in [0.2, 0.25) is 0 Å². The van der Waals surface area contributed by atoms with Crippen LogP contribution in [-0.2, 0) is 0 Å². The lowest BCUT2D eigenvalue weighted by Gasteiger charge is -2.33. The quantitative estimate of drug-likeness (QED) is 0.644. The number of rotatable bonds is 4. The van der Waals surface area contributed by atoms with Crippen molar-refractivity contribution in [3.8, 4) is 0 Å². The Labute approximate surface area is 111 Å². The lowest BCUT2D eigenvalue weighted by Crippen LogP contribution is -2.43. The molecule has 0 saturated heterocycles. The fourth-order valence-electron chi connectivity index (χ4n) is 2.32. The summed E-state index contributed by atoms with van der Waals surface area (Å²) < 4.78 is 0. The van der Waals surface area contributed by atoms with E-state index in [0.717, 1.165) is 12.8 Å². The van der Waals surface area contributed by atoms with Crippen molar-refractivity contribution in [1.29, 1.82) is 0 Å². The van der Waals surface area contributed by atoms with Gasteiger partial charge in [-0.1, -0.05) is 6.92 Å². The third-order valence-corrected chi connectivity index (χ3v) is 3.43. The zero-order valence-corrected chi connectivity index (χ0v) is 11.0. The highest BCUT2D eigenvalue weighted by molar-refractivity contribution is 5.96. The van der Waals surface area contributed by atoms with Crippen molar-refractivity contribution in [2.75, 3.05) is 12.4 Å². The molecular weight excluding hydrogens is 246 g/mol. The van der Waals surface area contributed by atoms with E-state index in [0.29, 0.717) is 17.2 Å². The van der Waals surface area contributed by atoms with E-state index in [4.69, 9.17) is 0 Å². The van der Waals surface area contributed by atoms with Crippen LogP contribution >= 0.6 is 0 Å². The minimum atomic E-state index is -0.492. The Kier molecular flexibility index (Phi) is 3.69. The summed E-state index contributed by atoms with van der Waals surface area (Å²) in [6.45, 7) is 2.13. The Morgan fingerprint density at radius 2 is 2.11 bits per heavy atom. The maximum absolute atomic E-state index is 12.0. The third-order valence-electron chi connectivity index (χ3n) is 3.43.